The highest BCUT2D eigenvalue weighted by Gasteiger charge is 2.07. The molecule has 1 unspecified atom stereocenters. The molecule has 1 aromatic carbocycles. The lowest BCUT2D eigenvalue weighted by Gasteiger charge is -2.13. The van der Waals surface area contributed by atoms with Crippen LogP contribution in [0.15, 0.2) is 18.2 Å². The highest BCUT2D eigenvalue weighted by atomic mass is 16.5. The normalized spacial score (nSPS) is 12.2. The second kappa shape index (κ2) is 7.17. The van der Waals surface area contributed by atoms with Gasteiger partial charge in [0.2, 0.25) is 0 Å². The van der Waals surface area contributed by atoms with Gasteiger partial charge in [0.1, 0.15) is 0 Å². The van der Waals surface area contributed by atoms with Crippen molar-refractivity contribution in [2.24, 2.45) is 5.73 Å². The van der Waals surface area contributed by atoms with Crippen LogP contribution in [0.5, 0.6) is 11.5 Å². The van der Waals surface area contributed by atoms with Gasteiger partial charge in [0.15, 0.2) is 11.5 Å². The van der Waals surface area contributed by atoms with Crippen LogP contribution in [0.4, 0.5) is 0 Å². The van der Waals surface area contributed by atoms with Gasteiger partial charge in [-0.1, -0.05) is 25.8 Å². The number of benzene rings is 1. The van der Waals surface area contributed by atoms with E-state index in [2.05, 4.69) is 6.92 Å². The van der Waals surface area contributed by atoms with Gasteiger partial charge in [0.05, 0.1) is 13.7 Å². The summed E-state index contributed by atoms with van der Waals surface area (Å²) in [7, 11) is 1.65. The number of hydrogen-bond donors (Lipinski definition) is 1. The first-order chi connectivity index (χ1) is 8.19. The third-order valence-electron chi connectivity index (χ3n) is 2.72. The second-order valence-electron chi connectivity index (χ2n) is 4.25. The molecule has 1 atom stereocenters. The van der Waals surface area contributed by atoms with Crippen molar-refractivity contribution in [3.05, 3.63) is 23.8 Å². The molecule has 0 aliphatic heterocycles. The van der Waals surface area contributed by atoms with E-state index in [1.807, 2.05) is 25.1 Å². The standard InChI is InChI=1S/C14H23NO2/c1-4-5-6-9-17-13-8-7-12(11(2)15)10-14(13)16-3/h7-8,10-11H,4-6,9,15H2,1-3H3. The van der Waals surface area contributed by atoms with Crippen LogP contribution in [0.2, 0.25) is 0 Å². The van der Waals surface area contributed by atoms with Gasteiger partial charge in [-0.2, -0.15) is 0 Å². The molecule has 0 aliphatic rings. The largest absolute Gasteiger partial charge is 0.493 e. The van der Waals surface area contributed by atoms with E-state index in [9.17, 15) is 0 Å². The average Bonchev–Trinajstić information content (AvgIpc) is 2.34. The maximum atomic E-state index is 5.83. The SMILES string of the molecule is CCCCCOc1ccc(C(C)N)cc1OC. The first-order valence-corrected chi connectivity index (χ1v) is 6.25. The molecule has 17 heavy (non-hydrogen) atoms. The van der Waals surface area contributed by atoms with Gasteiger partial charge in [0.25, 0.3) is 0 Å². The van der Waals surface area contributed by atoms with Crippen LogP contribution in [0, 0.1) is 0 Å². The van der Waals surface area contributed by atoms with E-state index >= 15 is 0 Å². The number of unbranched alkanes of at least 4 members (excludes halogenated alkanes) is 2. The van der Waals surface area contributed by atoms with Gasteiger partial charge in [-0.25, -0.2) is 0 Å². The lowest BCUT2D eigenvalue weighted by molar-refractivity contribution is 0.285. The van der Waals surface area contributed by atoms with E-state index in [1.165, 1.54) is 12.8 Å². The van der Waals surface area contributed by atoms with Crippen molar-refractivity contribution in [2.75, 3.05) is 13.7 Å². The third-order valence-corrected chi connectivity index (χ3v) is 2.72. The zero-order valence-electron chi connectivity index (χ0n) is 11.0. The van der Waals surface area contributed by atoms with E-state index < -0.39 is 0 Å². The Kier molecular flexibility index (Phi) is 5.84. The van der Waals surface area contributed by atoms with E-state index in [0.29, 0.717) is 0 Å². The highest BCUT2D eigenvalue weighted by molar-refractivity contribution is 5.43. The van der Waals surface area contributed by atoms with Crippen LogP contribution in [0.1, 0.15) is 44.7 Å². The summed E-state index contributed by atoms with van der Waals surface area (Å²) in [5, 5.41) is 0. The van der Waals surface area contributed by atoms with Crippen LogP contribution in [-0.2, 0) is 0 Å². The van der Waals surface area contributed by atoms with Crippen molar-refractivity contribution in [1.82, 2.24) is 0 Å². The van der Waals surface area contributed by atoms with Gasteiger partial charge < -0.3 is 15.2 Å². The first-order valence-electron chi connectivity index (χ1n) is 6.25. The van der Waals surface area contributed by atoms with E-state index in [4.69, 9.17) is 15.2 Å². The number of nitrogens with two attached hydrogens (primary N) is 1. The lowest BCUT2D eigenvalue weighted by atomic mass is 10.1. The maximum Gasteiger partial charge on any atom is 0.161 e. The Bertz CT molecular complexity index is 337. The molecule has 1 rings (SSSR count). The summed E-state index contributed by atoms with van der Waals surface area (Å²) >= 11 is 0. The zero-order valence-corrected chi connectivity index (χ0v) is 11.0. The van der Waals surface area contributed by atoms with E-state index in [0.717, 1.165) is 30.1 Å². The molecule has 1 aromatic rings. The molecule has 0 saturated carbocycles. The number of rotatable bonds is 7. The molecular formula is C14H23NO2. The number of hydrogen-bond acceptors (Lipinski definition) is 3. The number of methoxy groups -OCH3 is 1. The summed E-state index contributed by atoms with van der Waals surface area (Å²) in [5.41, 5.74) is 6.89. The van der Waals surface area contributed by atoms with Gasteiger partial charge in [-0.15, -0.1) is 0 Å². The van der Waals surface area contributed by atoms with Gasteiger partial charge >= 0.3 is 0 Å². The summed E-state index contributed by atoms with van der Waals surface area (Å²) < 4.78 is 11.0. The van der Waals surface area contributed by atoms with Crippen molar-refractivity contribution >= 4 is 0 Å². The molecule has 0 heterocycles. The fourth-order valence-corrected chi connectivity index (χ4v) is 1.62. The van der Waals surface area contributed by atoms with Crippen molar-refractivity contribution < 1.29 is 9.47 Å². The quantitative estimate of drug-likeness (QED) is 0.740. The Balaban J connectivity index is 2.65. The number of ether oxygens (including phenoxy) is 2. The van der Waals surface area contributed by atoms with Crippen molar-refractivity contribution in [3.8, 4) is 11.5 Å². The van der Waals surface area contributed by atoms with Crippen LogP contribution in [0.3, 0.4) is 0 Å². The molecule has 0 aromatic heterocycles. The van der Waals surface area contributed by atoms with Crippen molar-refractivity contribution in [1.29, 1.82) is 0 Å². The predicted molar refractivity (Wildman–Crippen MR) is 70.6 cm³/mol. The molecule has 96 valence electrons. The second-order valence-corrected chi connectivity index (χ2v) is 4.25. The minimum absolute atomic E-state index is 0.0121. The molecule has 0 radical (unpaired) electrons. The Morgan fingerprint density at radius 1 is 1.24 bits per heavy atom. The summed E-state index contributed by atoms with van der Waals surface area (Å²) in [5.74, 6) is 1.56. The van der Waals surface area contributed by atoms with Gasteiger partial charge in [-0.3, -0.25) is 0 Å². The molecular weight excluding hydrogens is 214 g/mol. The summed E-state index contributed by atoms with van der Waals surface area (Å²) in [6.07, 6.45) is 3.47. The topological polar surface area (TPSA) is 44.5 Å². The Labute approximate surface area is 104 Å². The van der Waals surface area contributed by atoms with Gasteiger partial charge in [0, 0.05) is 6.04 Å². The van der Waals surface area contributed by atoms with Crippen LogP contribution < -0.4 is 15.2 Å². The molecule has 3 heteroatoms. The van der Waals surface area contributed by atoms with Crippen molar-refractivity contribution in [3.63, 3.8) is 0 Å². The molecule has 3 nitrogen and oxygen atoms in total. The Morgan fingerprint density at radius 3 is 2.59 bits per heavy atom. The summed E-state index contributed by atoms with van der Waals surface area (Å²) in [4.78, 5) is 0. The monoisotopic (exact) mass is 237 g/mol. The fourth-order valence-electron chi connectivity index (χ4n) is 1.62. The summed E-state index contributed by atoms with van der Waals surface area (Å²) in [6.45, 7) is 4.87. The molecule has 0 bridgehead atoms. The minimum Gasteiger partial charge on any atom is -0.493 e. The van der Waals surface area contributed by atoms with Crippen LogP contribution >= 0.6 is 0 Å². The first kappa shape index (κ1) is 13.8. The molecule has 0 aliphatic carbocycles. The Morgan fingerprint density at radius 2 is 2.00 bits per heavy atom. The zero-order chi connectivity index (χ0) is 12.7. The minimum atomic E-state index is 0.0121. The molecule has 2 N–H and O–H groups in total. The highest BCUT2D eigenvalue weighted by Crippen LogP contribution is 2.29. The smallest absolute Gasteiger partial charge is 0.161 e. The van der Waals surface area contributed by atoms with E-state index in [1.54, 1.807) is 7.11 Å². The Hall–Kier alpha value is -1.22. The molecule has 0 spiro atoms. The summed E-state index contributed by atoms with van der Waals surface area (Å²) in [6, 6.07) is 5.88. The molecule has 0 amide bonds. The van der Waals surface area contributed by atoms with Crippen LogP contribution in [0.25, 0.3) is 0 Å². The van der Waals surface area contributed by atoms with Crippen molar-refractivity contribution in [2.45, 2.75) is 39.2 Å². The molecule has 0 saturated heterocycles. The molecule has 0 fully saturated rings. The third kappa shape index (κ3) is 4.27. The maximum absolute atomic E-state index is 5.83. The fraction of sp³-hybridized carbons (Fsp3) is 0.571. The van der Waals surface area contributed by atoms with Crippen LogP contribution in [-0.4, -0.2) is 13.7 Å². The van der Waals surface area contributed by atoms with Gasteiger partial charge in [-0.05, 0) is 31.0 Å². The average molecular weight is 237 g/mol. The lowest BCUT2D eigenvalue weighted by Crippen LogP contribution is -2.06. The predicted octanol–water partition coefficient (Wildman–Crippen LogP) is 3.28. The van der Waals surface area contributed by atoms with E-state index in [-0.39, 0.29) is 6.04 Å².